The third-order valence-electron chi connectivity index (χ3n) is 3.31. The van der Waals surface area contributed by atoms with E-state index in [2.05, 4.69) is 0 Å². The quantitative estimate of drug-likeness (QED) is 0.687. The Morgan fingerprint density at radius 3 is 2.55 bits per heavy atom. The summed E-state index contributed by atoms with van der Waals surface area (Å²) in [4.78, 5) is 13.7. The third-order valence-corrected chi connectivity index (χ3v) is 3.31. The number of nitrogen functional groups attached to an aromatic ring is 1. The molecule has 0 spiro atoms. The molecule has 0 bridgehead atoms. The first-order valence-corrected chi connectivity index (χ1v) is 6.31. The molecular formula is C16H18N2O2. The van der Waals surface area contributed by atoms with E-state index in [1.807, 2.05) is 49.2 Å². The van der Waals surface area contributed by atoms with E-state index in [0.29, 0.717) is 11.3 Å². The van der Waals surface area contributed by atoms with Crippen LogP contribution in [0.15, 0.2) is 42.5 Å². The molecule has 0 aliphatic heterocycles. The van der Waals surface area contributed by atoms with E-state index >= 15 is 0 Å². The molecule has 0 aliphatic carbocycles. The number of esters is 1. The van der Waals surface area contributed by atoms with Gasteiger partial charge < -0.3 is 15.4 Å². The van der Waals surface area contributed by atoms with E-state index in [1.54, 1.807) is 12.1 Å². The van der Waals surface area contributed by atoms with E-state index in [4.69, 9.17) is 10.5 Å². The summed E-state index contributed by atoms with van der Waals surface area (Å²) >= 11 is 0. The summed E-state index contributed by atoms with van der Waals surface area (Å²) in [6.45, 7) is 2.05. The van der Waals surface area contributed by atoms with Gasteiger partial charge in [0.15, 0.2) is 0 Å². The molecule has 104 valence electrons. The Kier molecular flexibility index (Phi) is 3.94. The van der Waals surface area contributed by atoms with Gasteiger partial charge in [0.1, 0.15) is 0 Å². The van der Waals surface area contributed by atoms with Crippen molar-refractivity contribution < 1.29 is 9.53 Å². The number of carbonyl (C=O) groups excluding carboxylic acids is 1. The van der Waals surface area contributed by atoms with Crippen LogP contribution in [0.5, 0.6) is 0 Å². The van der Waals surface area contributed by atoms with Crippen LogP contribution >= 0.6 is 0 Å². The summed E-state index contributed by atoms with van der Waals surface area (Å²) in [6, 6.07) is 13.4. The minimum atomic E-state index is -0.428. The van der Waals surface area contributed by atoms with Gasteiger partial charge >= 0.3 is 5.97 Å². The maximum atomic E-state index is 11.7. The normalized spacial score (nSPS) is 10.2. The number of aryl methyl sites for hydroxylation is 1. The Labute approximate surface area is 118 Å². The zero-order chi connectivity index (χ0) is 14.7. The number of hydrogen-bond donors (Lipinski definition) is 1. The fourth-order valence-electron chi connectivity index (χ4n) is 2.12. The number of benzene rings is 2. The molecule has 2 N–H and O–H groups in total. The second-order valence-corrected chi connectivity index (χ2v) is 4.61. The summed E-state index contributed by atoms with van der Waals surface area (Å²) < 4.78 is 4.74. The van der Waals surface area contributed by atoms with Crippen molar-refractivity contribution in [2.75, 3.05) is 24.8 Å². The lowest BCUT2D eigenvalue weighted by atomic mass is 10.1. The van der Waals surface area contributed by atoms with Crippen LogP contribution in [0.3, 0.4) is 0 Å². The van der Waals surface area contributed by atoms with Gasteiger partial charge in [-0.05, 0) is 36.8 Å². The number of rotatable bonds is 3. The molecule has 0 aliphatic rings. The number of anilines is 3. The highest BCUT2D eigenvalue weighted by molar-refractivity contribution is 5.96. The third kappa shape index (κ3) is 2.59. The number of para-hydroxylation sites is 1. The second kappa shape index (κ2) is 5.65. The zero-order valence-electron chi connectivity index (χ0n) is 11.9. The fraction of sp³-hybridized carbons (Fsp3) is 0.188. The zero-order valence-corrected chi connectivity index (χ0v) is 11.9. The molecule has 0 amide bonds. The van der Waals surface area contributed by atoms with Gasteiger partial charge in [0.25, 0.3) is 0 Å². The van der Waals surface area contributed by atoms with E-state index in [9.17, 15) is 4.79 Å². The average molecular weight is 270 g/mol. The van der Waals surface area contributed by atoms with E-state index in [-0.39, 0.29) is 0 Å². The minimum Gasteiger partial charge on any atom is -0.465 e. The first-order chi connectivity index (χ1) is 9.54. The Morgan fingerprint density at radius 2 is 1.90 bits per heavy atom. The van der Waals surface area contributed by atoms with Crippen molar-refractivity contribution in [3.05, 3.63) is 53.6 Å². The molecule has 0 unspecified atom stereocenters. The number of nitrogens with zero attached hydrogens (tertiary/aromatic N) is 1. The van der Waals surface area contributed by atoms with Crippen LogP contribution in [0.25, 0.3) is 0 Å². The topological polar surface area (TPSA) is 55.6 Å². The molecule has 4 heteroatoms. The fourth-order valence-corrected chi connectivity index (χ4v) is 2.12. The number of carbonyl (C=O) groups is 1. The van der Waals surface area contributed by atoms with E-state index in [0.717, 1.165) is 16.9 Å². The van der Waals surface area contributed by atoms with Crippen molar-refractivity contribution in [3.63, 3.8) is 0 Å². The molecule has 0 saturated heterocycles. The van der Waals surface area contributed by atoms with Crippen LogP contribution in [0.4, 0.5) is 17.1 Å². The van der Waals surface area contributed by atoms with Crippen LogP contribution in [0, 0.1) is 6.92 Å². The van der Waals surface area contributed by atoms with Gasteiger partial charge in [-0.1, -0.05) is 18.2 Å². The highest BCUT2D eigenvalue weighted by Gasteiger charge is 2.13. The van der Waals surface area contributed by atoms with Crippen molar-refractivity contribution in [1.82, 2.24) is 0 Å². The lowest BCUT2D eigenvalue weighted by molar-refractivity contribution is 0.0602. The molecule has 0 heterocycles. The monoisotopic (exact) mass is 270 g/mol. The molecule has 0 aromatic heterocycles. The van der Waals surface area contributed by atoms with Crippen molar-refractivity contribution in [2.24, 2.45) is 0 Å². The van der Waals surface area contributed by atoms with Gasteiger partial charge in [0.05, 0.1) is 12.7 Å². The Hall–Kier alpha value is -2.49. The molecule has 2 aromatic carbocycles. The second-order valence-electron chi connectivity index (χ2n) is 4.61. The van der Waals surface area contributed by atoms with Crippen LogP contribution in [0.2, 0.25) is 0 Å². The number of hydrogen-bond acceptors (Lipinski definition) is 4. The highest BCUT2D eigenvalue weighted by atomic mass is 16.5. The predicted molar refractivity (Wildman–Crippen MR) is 81.4 cm³/mol. The molecule has 0 saturated carbocycles. The summed E-state index contributed by atoms with van der Waals surface area (Å²) in [7, 11) is 3.30. The first-order valence-electron chi connectivity index (χ1n) is 6.31. The van der Waals surface area contributed by atoms with E-state index < -0.39 is 5.97 Å². The summed E-state index contributed by atoms with van der Waals surface area (Å²) in [5, 5.41) is 0. The molecule has 2 aromatic rings. The van der Waals surface area contributed by atoms with Gasteiger partial charge in [-0.3, -0.25) is 0 Å². The number of ether oxygens (including phenoxy) is 1. The maximum Gasteiger partial charge on any atom is 0.340 e. The Morgan fingerprint density at radius 1 is 1.20 bits per heavy atom. The van der Waals surface area contributed by atoms with Gasteiger partial charge in [0, 0.05) is 24.1 Å². The standard InChI is InChI=1S/C16H18N2O2/c1-11-6-4-5-7-15(11)18(2)12-8-9-14(17)13(10-12)16(19)20-3/h4-10H,17H2,1-3H3. The van der Waals surface area contributed by atoms with Crippen LogP contribution in [-0.2, 0) is 4.74 Å². The average Bonchev–Trinajstić information content (AvgIpc) is 2.47. The molecule has 20 heavy (non-hydrogen) atoms. The minimum absolute atomic E-state index is 0.380. The molecule has 0 atom stereocenters. The summed E-state index contributed by atoms with van der Waals surface area (Å²) in [5.41, 5.74) is 9.73. The molecular weight excluding hydrogens is 252 g/mol. The highest BCUT2D eigenvalue weighted by Crippen LogP contribution is 2.29. The maximum absolute atomic E-state index is 11.7. The first kappa shape index (κ1) is 13.9. The van der Waals surface area contributed by atoms with Gasteiger partial charge in [-0.15, -0.1) is 0 Å². The van der Waals surface area contributed by atoms with Gasteiger partial charge in [-0.25, -0.2) is 4.79 Å². The Balaban J connectivity index is 2.43. The molecule has 4 nitrogen and oxygen atoms in total. The van der Waals surface area contributed by atoms with E-state index in [1.165, 1.54) is 7.11 Å². The van der Waals surface area contributed by atoms with Crippen molar-refractivity contribution >= 4 is 23.0 Å². The SMILES string of the molecule is COC(=O)c1cc(N(C)c2ccccc2C)ccc1N. The molecule has 0 radical (unpaired) electrons. The number of methoxy groups -OCH3 is 1. The predicted octanol–water partition coefficient (Wildman–Crippen LogP) is 3.13. The van der Waals surface area contributed by atoms with Gasteiger partial charge in [-0.2, -0.15) is 0 Å². The van der Waals surface area contributed by atoms with Crippen molar-refractivity contribution in [3.8, 4) is 0 Å². The lowest BCUT2D eigenvalue weighted by Gasteiger charge is -2.22. The van der Waals surface area contributed by atoms with Gasteiger partial charge in [0.2, 0.25) is 0 Å². The lowest BCUT2D eigenvalue weighted by Crippen LogP contribution is -2.13. The summed E-state index contributed by atoms with van der Waals surface area (Å²) in [5.74, 6) is -0.428. The van der Waals surface area contributed by atoms with Crippen molar-refractivity contribution in [2.45, 2.75) is 6.92 Å². The smallest absolute Gasteiger partial charge is 0.340 e. The van der Waals surface area contributed by atoms with Crippen LogP contribution < -0.4 is 10.6 Å². The van der Waals surface area contributed by atoms with Crippen LogP contribution in [0.1, 0.15) is 15.9 Å². The number of nitrogens with two attached hydrogens (primary N) is 1. The molecule has 2 rings (SSSR count). The molecule has 0 fully saturated rings. The summed E-state index contributed by atoms with van der Waals surface area (Å²) in [6.07, 6.45) is 0. The largest absolute Gasteiger partial charge is 0.465 e. The van der Waals surface area contributed by atoms with Crippen molar-refractivity contribution in [1.29, 1.82) is 0 Å². The van der Waals surface area contributed by atoms with Crippen LogP contribution in [-0.4, -0.2) is 20.1 Å². The Bertz CT molecular complexity index is 638.